The highest BCUT2D eigenvalue weighted by Crippen LogP contribution is 2.15. The van der Waals surface area contributed by atoms with E-state index in [1.165, 1.54) is 122 Å². The fraction of sp³-hybridized carbons (Fsp3) is 0.627. The van der Waals surface area contributed by atoms with Crippen molar-refractivity contribution in [2.24, 2.45) is 0 Å². The summed E-state index contributed by atoms with van der Waals surface area (Å²) in [5, 5.41) is 23.1. The molecule has 0 fully saturated rings. The highest BCUT2D eigenvalue weighted by molar-refractivity contribution is 5.76. The first-order valence-corrected chi connectivity index (χ1v) is 29.5. The molecule has 0 aromatic carbocycles. The second-order valence-electron chi connectivity index (χ2n) is 19.3. The van der Waals surface area contributed by atoms with Crippen molar-refractivity contribution in [3.63, 3.8) is 0 Å². The third-order valence-electron chi connectivity index (χ3n) is 12.5. The number of nitrogens with one attached hydrogen (secondary N) is 1. The van der Waals surface area contributed by atoms with Crippen LogP contribution in [0.2, 0.25) is 0 Å². The summed E-state index contributed by atoms with van der Waals surface area (Å²) in [6.45, 7) is 4.17. The van der Waals surface area contributed by atoms with E-state index in [9.17, 15) is 15.0 Å². The summed E-state index contributed by atoms with van der Waals surface area (Å²) < 4.78 is 0. The average Bonchev–Trinajstić information content (AvgIpc) is 3.37. The van der Waals surface area contributed by atoms with Gasteiger partial charge in [-0.25, -0.2) is 0 Å². The number of carbonyl (C=O) groups is 1. The van der Waals surface area contributed by atoms with E-state index in [4.69, 9.17) is 0 Å². The minimum absolute atomic E-state index is 0.115. The summed E-state index contributed by atoms with van der Waals surface area (Å²) in [5.74, 6) is -0.115. The Hall–Kier alpha value is -3.73. The number of unbranched alkanes of at least 4 members (excludes halogenated alkanes) is 23. The lowest BCUT2D eigenvalue weighted by atomic mass is 10.0. The largest absolute Gasteiger partial charge is 0.394 e. The molecular weight excluding hydrogens is 867 g/mol. The molecule has 3 N–H and O–H groups in total. The summed E-state index contributed by atoms with van der Waals surface area (Å²) in [4.78, 5) is 12.5. The molecule has 0 aliphatic rings. The Bertz CT molecular complexity index is 1480. The van der Waals surface area contributed by atoms with Crippen molar-refractivity contribution in [1.82, 2.24) is 5.32 Å². The van der Waals surface area contributed by atoms with Gasteiger partial charge in [0, 0.05) is 6.42 Å². The first-order valence-electron chi connectivity index (χ1n) is 29.5. The molecule has 0 saturated heterocycles. The van der Waals surface area contributed by atoms with E-state index in [0.717, 1.165) is 109 Å². The van der Waals surface area contributed by atoms with Gasteiger partial charge in [0.2, 0.25) is 5.91 Å². The smallest absolute Gasteiger partial charge is 0.220 e. The summed E-state index contributed by atoms with van der Waals surface area (Å²) >= 11 is 0. The number of hydrogen-bond acceptors (Lipinski definition) is 3. The van der Waals surface area contributed by atoms with Gasteiger partial charge in [-0.3, -0.25) is 4.79 Å². The lowest BCUT2D eigenvalue weighted by Crippen LogP contribution is -2.45. The Labute approximate surface area is 440 Å². The number of hydrogen-bond donors (Lipinski definition) is 3. The van der Waals surface area contributed by atoms with Crippen LogP contribution in [0.25, 0.3) is 0 Å². The lowest BCUT2D eigenvalue weighted by Gasteiger charge is -2.19. The molecule has 0 spiro atoms. The zero-order chi connectivity index (χ0) is 51.3. The molecule has 0 saturated carbocycles. The van der Waals surface area contributed by atoms with Crippen molar-refractivity contribution in [2.45, 2.75) is 264 Å². The zero-order valence-electron chi connectivity index (χ0n) is 46.2. The maximum absolute atomic E-state index is 12.5. The normalized spacial score (nSPS) is 13.9. The van der Waals surface area contributed by atoms with E-state index >= 15 is 0 Å². The second-order valence-corrected chi connectivity index (χ2v) is 19.3. The van der Waals surface area contributed by atoms with E-state index in [2.05, 4.69) is 153 Å². The molecule has 0 aliphatic carbocycles. The number of aliphatic hydroxyl groups excluding tert-OH is 2. The van der Waals surface area contributed by atoms with Gasteiger partial charge in [-0.15, -0.1) is 0 Å². The highest BCUT2D eigenvalue weighted by atomic mass is 16.3. The molecule has 402 valence electrons. The monoisotopic (exact) mass is 978 g/mol. The summed E-state index contributed by atoms with van der Waals surface area (Å²) in [7, 11) is 0. The first kappa shape index (κ1) is 67.3. The third kappa shape index (κ3) is 57.0. The fourth-order valence-corrected chi connectivity index (χ4v) is 8.09. The Kier molecular flexibility index (Phi) is 57.4. The Morgan fingerprint density at radius 3 is 0.986 bits per heavy atom. The predicted octanol–water partition coefficient (Wildman–Crippen LogP) is 20.0. The molecule has 4 nitrogen and oxygen atoms in total. The van der Waals surface area contributed by atoms with Crippen LogP contribution in [0.3, 0.4) is 0 Å². The van der Waals surface area contributed by atoms with Gasteiger partial charge < -0.3 is 15.5 Å². The molecule has 0 rings (SSSR count). The quantitative estimate of drug-likeness (QED) is 0.0420. The highest BCUT2D eigenvalue weighted by Gasteiger charge is 2.17. The number of carbonyl (C=O) groups excluding carboxylic acids is 1. The van der Waals surface area contributed by atoms with Crippen LogP contribution in [-0.2, 0) is 4.79 Å². The number of rotatable bonds is 52. The van der Waals surface area contributed by atoms with Crippen LogP contribution < -0.4 is 5.32 Å². The third-order valence-corrected chi connectivity index (χ3v) is 12.5. The van der Waals surface area contributed by atoms with Gasteiger partial charge >= 0.3 is 0 Å². The van der Waals surface area contributed by atoms with E-state index in [1.807, 2.05) is 6.08 Å². The van der Waals surface area contributed by atoms with E-state index in [-0.39, 0.29) is 12.5 Å². The number of allylic oxidation sites excluding steroid dienone is 23. The van der Waals surface area contributed by atoms with Crippen molar-refractivity contribution in [3.05, 3.63) is 146 Å². The molecule has 2 unspecified atom stereocenters. The summed E-state index contributed by atoms with van der Waals surface area (Å²) in [5.41, 5.74) is 0. The van der Waals surface area contributed by atoms with Gasteiger partial charge in [0.25, 0.3) is 0 Å². The van der Waals surface area contributed by atoms with Gasteiger partial charge in [0.1, 0.15) is 0 Å². The van der Waals surface area contributed by atoms with Crippen LogP contribution in [0, 0.1) is 0 Å². The Morgan fingerprint density at radius 2 is 0.634 bits per heavy atom. The van der Waals surface area contributed by atoms with Gasteiger partial charge in [-0.1, -0.05) is 275 Å². The van der Waals surface area contributed by atoms with Crippen LogP contribution >= 0.6 is 0 Å². The Balaban J connectivity index is 3.71. The van der Waals surface area contributed by atoms with Crippen LogP contribution in [0.4, 0.5) is 0 Å². The molecule has 0 radical (unpaired) electrons. The molecule has 0 aromatic rings. The molecule has 2 atom stereocenters. The zero-order valence-corrected chi connectivity index (χ0v) is 46.2. The van der Waals surface area contributed by atoms with E-state index < -0.39 is 12.1 Å². The summed E-state index contributed by atoms with van der Waals surface area (Å²) in [6, 6.07) is -0.677. The summed E-state index contributed by atoms with van der Waals surface area (Å²) in [6.07, 6.45) is 95.8. The van der Waals surface area contributed by atoms with Gasteiger partial charge in [-0.05, 0) is 116 Å². The molecule has 0 heterocycles. The van der Waals surface area contributed by atoms with Gasteiger partial charge in [0.05, 0.1) is 18.8 Å². The maximum atomic E-state index is 12.5. The molecule has 0 bridgehead atoms. The van der Waals surface area contributed by atoms with Crippen LogP contribution in [0.5, 0.6) is 0 Å². The number of aliphatic hydroxyl groups is 2. The van der Waals surface area contributed by atoms with Gasteiger partial charge in [0.15, 0.2) is 0 Å². The van der Waals surface area contributed by atoms with Crippen molar-refractivity contribution < 1.29 is 15.0 Å². The molecular formula is C67H111NO3. The van der Waals surface area contributed by atoms with Gasteiger partial charge in [-0.2, -0.15) is 0 Å². The fourth-order valence-electron chi connectivity index (χ4n) is 8.09. The minimum atomic E-state index is -0.898. The van der Waals surface area contributed by atoms with Crippen molar-refractivity contribution in [2.75, 3.05) is 6.61 Å². The standard InChI is InChI=1S/C67H111NO3/c1-3-5-7-9-11-13-15-17-19-21-23-25-27-29-31-33-34-35-37-39-41-43-45-47-49-51-53-55-57-59-61-63-67(71)68-65(64-69)66(70)62-60-58-56-54-52-50-48-46-44-42-40-38-36-32-30-28-26-24-22-20-18-16-14-12-10-8-6-4-2/h5,7,11,13,17,19,23,25,29,31,34-35,39,41,44-47,51-54,60,62,65-66,69-70H,3-4,6,8-10,12,14-16,18,20-22,24,26-28,30,32-33,36-38,40,42-43,48-50,55-59,61,63-64H2,1-2H3,(H,68,71)/b7-5-,13-11-,19-17-,25-23-,31-29-,35-34-,41-39-,46-44+,47-45-,53-51-,54-52+,62-60+. The topological polar surface area (TPSA) is 69.6 Å². The number of amides is 1. The maximum Gasteiger partial charge on any atom is 0.220 e. The van der Waals surface area contributed by atoms with Crippen LogP contribution in [-0.4, -0.2) is 34.9 Å². The van der Waals surface area contributed by atoms with Crippen molar-refractivity contribution in [1.29, 1.82) is 0 Å². The minimum Gasteiger partial charge on any atom is -0.394 e. The molecule has 0 aromatic heterocycles. The van der Waals surface area contributed by atoms with E-state index in [0.29, 0.717) is 6.42 Å². The van der Waals surface area contributed by atoms with Crippen molar-refractivity contribution in [3.8, 4) is 0 Å². The Morgan fingerprint density at radius 1 is 0.352 bits per heavy atom. The average molecular weight is 979 g/mol. The lowest BCUT2D eigenvalue weighted by molar-refractivity contribution is -0.123. The molecule has 71 heavy (non-hydrogen) atoms. The van der Waals surface area contributed by atoms with Crippen LogP contribution in [0.1, 0.15) is 251 Å². The first-order chi connectivity index (χ1) is 35.2. The molecule has 4 heteroatoms. The van der Waals surface area contributed by atoms with Crippen LogP contribution in [0.15, 0.2) is 146 Å². The SMILES string of the molecule is CC/C=C\C/C=C\C/C=C\C/C=C\C/C=C\C/C=C\C/C=C\C/C=C\C/C=C\CCCCCC(=O)NC(CO)C(O)/C=C/CC/C=C/CC/C=C/CCCCCCCCCCCCCCCCCCCC. The second kappa shape index (κ2) is 60.6. The molecule has 1 amide bonds. The van der Waals surface area contributed by atoms with E-state index in [1.54, 1.807) is 6.08 Å². The molecule has 0 aliphatic heterocycles. The van der Waals surface area contributed by atoms with Crippen molar-refractivity contribution >= 4 is 5.91 Å². The predicted molar refractivity (Wildman–Crippen MR) is 317 cm³/mol.